The summed E-state index contributed by atoms with van der Waals surface area (Å²) in [7, 11) is 0. The van der Waals surface area contributed by atoms with Crippen LogP contribution in [-0.4, -0.2) is 95.0 Å². The average molecular weight is 436 g/mol. The van der Waals surface area contributed by atoms with Gasteiger partial charge < -0.3 is 32.2 Å². The molecule has 3 rings (SSSR count). The first-order valence-corrected chi connectivity index (χ1v) is 8.90. The summed E-state index contributed by atoms with van der Waals surface area (Å²) in [4.78, 5) is 17.8. The summed E-state index contributed by atoms with van der Waals surface area (Å²) in [6, 6.07) is 8.46. The second kappa shape index (κ2) is 13.3. The fraction of sp³-hybridized carbons (Fsp3) is 0.556. The average Bonchev–Trinajstić information content (AvgIpc) is 2.62. The normalized spacial score (nSPS) is 17.7. The maximum atomic E-state index is 10.8. The Morgan fingerprint density at radius 2 is 1.52 bits per heavy atom. The third-order valence-electron chi connectivity index (χ3n) is 5.29. The molecule has 0 bridgehead atoms. The minimum Gasteiger partial charge on any atom is -0.480 e. The van der Waals surface area contributed by atoms with Crippen molar-refractivity contribution in [2.75, 3.05) is 50.7 Å². The summed E-state index contributed by atoms with van der Waals surface area (Å²) in [6.45, 7) is 5.99. The fourth-order valence-electron chi connectivity index (χ4n) is 3.83. The van der Waals surface area contributed by atoms with Gasteiger partial charge in [0.25, 0.3) is 0 Å². The zero-order valence-corrected chi connectivity index (χ0v) is 17.2. The SMILES string of the molecule is Cl.N=C(N)c1ccc(N2CCN(C3CCN(CC(=O)O)CC3)CC2)cc1.O.O.O. The second-order valence-electron chi connectivity index (χ2n) is 6.88. The summed E-state index contributed by atoms with van der Waals surface area (Å²) in [5.74, 6) is -0.631. The topological polar surface area (TPSA) is 191 Å². The first kappa shape index (κ1) is 29.3. The van der Waals surface area contributed by atoms with Crippen LogP contribution < -0.4 is 10.6 Å². The van der Waals surface area contributed by atoms with Gasteiger partial charge in [0, 0.05) is 56.6 Å². The van der Waals surface area contributed by atoms with E-state index in [4.69, 9.17) is 16.2 Å². The number of likely N-dealkylation sites (tertiary alicyclic amines) is 1. The summed E-state index contributed by atoms with van der Waals surface area (Å²) in [5, 5.41) is 16.4. The molecule has 0 spiro atoms. The Bertz CT molecular complexity index is 618. The van der Waals surface area contributed by atoms with Crippen molar-refractivity contribution in [3.63, 3.8) is 0 Å². The van der Waals surface area contributed by atoms with Crippen molar-refractivity contribution in [1.29, 1.82) is 5.41 Å². The highest BCUT2D eigenvalue weighted by Crippen LogP contribution is 2.21. The summed E-state index contributed by atoms with van der Waals surface area (Å²) < 4.78 is 0. The molecular weight excluding hydrogens is 402 g/mol. The van der Waals surface area contributed by atoms with Crippen molar-refractivity contribution in [2.24, 2.45) is 5.73 Å². The van der Waals surface area contributed by atoms with Crippen LogP contribution in [0.3, 0.4) is 0 Å². The number of carbonyl (C=O) groups is 1. The number of halogens is 1. The highest BCUT2D eigenvalue weighted by Gasteiger charge is 2.28. The molecule has 0 atom stereocenters. The number of hydrogen-bond acceptors (Lipinski definition) is 5. The molecule has 1 aromatic carbocycles. The van der Waals surface area contributed by atoms with Crippen LogP contribution >= 0.6 is 12.4 Å². The molecular formula is C18H34ClN5O5. The molecule has 2 aliphatic heterocycles. The van der Waals surface area contributed by atoms with E-state index in [0.717, 1.165) is 57.7 Å². The van der Waals surface area contributed by atoms with Gasteiger partial charge in [-0.1, -0.05) is 0 Å². The van der Waals surface area contributed by atoms with E-state index in [1.54, 1.807) is 0 Å². The van der Waals surface area contributed by atoms with Gasteiger partial charge in [-0.2, -0.15) is 0 Å². The zero-order chi connectivity index (χ0) is 17.8. The largest absolute Gasteiger partial charge is 0.480 e. The number of piperazine rings is 1. The third-order valence-corrected chi connectivity index (χ3v) is 5.29. The van der Waals surface area contributed by atoms with Crippen molar-refractivity contribution in [2.45, 2.75) is 18.9 Å². The van der Waals surface area contributed by atoms with E-state index in [9.17, 15) is 4.79 Å². The molecule has 2 saturated heterocycles. The monoisotopic (exact) mass is 435 g/mol. The van der Waals surface area contributed by atoms with Crippen molar-refractivity contribution < 1.29 is 26.3 Å². The van der Waals surface area contributed by atoms with E-state index in [1.807, 2.05) is 29.2 Å². The Kier molecular flexibility index (Phi) is 13.4. The van der Waals surface area contributed by atoms with Crippen LogP contribution in [0.1, 0.15) is 18.4 Å². The van der Waals surface area contributed by atoms with Crippen LogP contribution in [0.2, 0.25) is 0 Å². The lowest BCUT2D eigenvalue weighted by molar-refractivity contribution is -0.138. The lowest BCUT2D eigenvalue weighted by Gasteiger charge is -2.43. The number of amidine groups is 1. The van der Waals surface area contributed by atoms with Crippen molar-refractivity contribution in [1.82, 2.24) is 9.80 Å². The van der Waals surface area contributed by atoms with Crippen LogP contribution in [0.5, 0.6) is 0 Å². The number of nitrogens with one attached hydrogen (secondary N) is 1. The number of aliphatic carboxylic acids is 1. The molecule has 0 unspecified atom stereocenters. The highest BCUT2D eigenvalue weighted by atomic mass is 35.5. The van der Waals surface area contributed by atoms with Crippen LogP contribution in [0.4, 0.5) is 5.69 Å². The molecule has 10 nitrogen and oxygen atoms in total. The van der Waals surface area contributed by atoms with E-state index < -0.39 is 5.97 Å². The Labute approximate surface area is 177 Å². The van der Waals surface area contributed by atoms with Crippen molar-refractivity contribution in [3.05, 3.63) is 29.8 Å². The number of hydrogen-bond donors (Lipinski definition) is 3. The highest BCUT2D eigenvalue weighted by molar-refractivity contribution is 5.95. The van der Waals surface area contributed by atoms with E-state index in [2.05, 4.69) is 9.80 Å². The van der Waals surface area contributed by atoms with Gasteiger partial charge in [-0.15, -0.1) is 12.4 Å². The van der Waals surface area contributed by atoms with Crippen LogP contribution in [0.15, 0.2) is 24.3 Å². The number of nitrogen functional groups attached to an aromatic ring is 1. The number of carboxylic acids is 1. The molecule has 0 aromatic heterocycles. The van der Waals surface area contributed by atoms with Gasteiger partial charge in [0.1, 0.15) is 5.84 Å². The third kappa shape index (κ3) is 7.77. The van der Waals surface area contributed by atoms with Gasteiger partial charge in [0.15, 0.2) is 0 Å². The van der Waals surface area contributed by atoms with Crippen molar-refractivity contribution >= 4 is 29.9 Å². The standard InChI is InChI=1S/C18H27N5O2.ClH.3H2O/c19-18(20)14-1-3-15(4-2-14)22-9-11-23(12-10-22)16-5-7-21(8-6-16)13-17(24)25;;;;/h1-4,16H,5-13H2,(H3,19,20)(H,24,25);1H;3*1H2. The molecule has 10 N–H and O–H groups in total. The van der Waals surface area contributed by atoms with Gasteiger partial charge in [0.05, 0.1) is 6.54 Å². The molecule has 11 heteroatoms. The van der Waals surface area contributed by atoms with Crippen LogP contribution in [-0.2, 0) is 4.79 Å². The molecule has 2 fully saturated rings. The predicted octanol–water partition coefficient (Wildman–Crippen LogP) is -1.41. The number of piperidine rings is 1. The van der Waals surface area contributed by atoms with Gasteiger partial charge >= 0.3 is 5.97 Å². The molecule has 0 aliphatic carbocycles. The van der Waals surface area contributed by atoms with E-state index in [0.29, 0.717) is 6.04 Å². The van der Waals surface area contributed by atoms with Gasteiger partial charge in [-0.25, -0.2) is 0 Å². The van der Waals surface area contributed by atoms with E-state index in [1.165, 1.54) is 5.69 Å². The molecule has 1 aromatic rings. The maximum Gasteiger partial charge on any atom is 0.317 e. The lowest BCUT2D eigenvalue weighted by atomic mass is 10.0. The number of anilines is 1. The zero-order valence-electron chi connectivity index (χ0n) is 16.4. The van der Waals surface area contributed by atoms with E-state index in [-0.39, 0.29) is 41.2 Å². The second-order valence-corrected chi connectivity index (χ2v) is 6.88. The summed E-state index contributed by atoms with van der Waals surface area (Å²) >= 11 is 0. The number of benzene rings is 1. The number of rotatable bonds is 5. The van der Waals surface area contributed by atoms with Crippen LogP contribution in [0, 0.1) is 5.41 Å². The maximum absolute atomic E-state index is 10.8. The molecule has 0 saturated carbocycles. The van der Waals surface area contributed by atoms with Gasteiger partial charge in [-0.05, 0) is 37.1 Å². The summed E-state index contributed by atoms with van der Waals surface area (Å²) in [6.07, 6.45) is 2.11. The summed E-state index contributed by atoms with van der Waals surface area (Å²) in [5.41, 5.74) is 7.45. The van der Waals surface area contributed by atoms with Crippen molar-refractivity contribution in [3.8, 4) is 0 Å². The Morgan fingerprint density at radius 3 is 1.97 bits per heavy atom. The van der Waals surface area contributed by atoms with Gasteiger partial charge in [-0.3, -0.25) is 20.0 Å². The Morgan fingerprint density at radius 1 is 1.00 bits per heavy atom. The Hall–Kier alpha value is -1.95. The molecule has 2 heterocycles. The molecule has 0 amide bonds. The molecule has 2 aliphatic rings. The molecule has 29 heavy (non-hydrogen) atoms. The van der Waals surface area contributed by atoms with Gasteiger partial charge in [0.2, 0.25) is 0 Å². The predicted molar refractivity (Wildman–Crippen MR) is 116 cm³/mol. The van der Waals surface area contributed by atoms with E-state index >= 15 is 0 Å². The lowest BCUT2D eigenvalue weighted by Crippen LogP contribution is -2.53. The van der Waals surface area contributed by atoms with Crippen LogP contribution in [0.25, 0.3) is 0 Å². The number of nitrogens with zero attached hydrogens (tertiary/aromatic N) is 3. The molecule has 168 valence electrons. The minimum absolute atomic E-state index is 0. The fourth-order valence-corrected chi connectivity index (χ4v) is 3.83. The quantitative estimate of drug-likeness (QED) is 0.375. The minimum atomic E-state index is -0.733. The first-order valence-electron chi connectivity index (χ1n) is 8.90. The first-order chi connectivity index (χ1) is 12.0. The Balaban J connectivity index is 0. The smallest absolute Gasteiger partial charge is 0.317 e. The number of carboxylic acid groups (broad SMARTS) is 1. The molecule has 0 radical (unpaired) electrons. The number of nitrogens with two attached hydrogens (primary N) is 1.